The molecule has 1 aliphatic carbocycles. The molecule has 106 valence electrons. The second-order valence-electron chi connectivity index (χ2n) is 5.77. The highest BCUT2D eigenvalue weighted by molar-refractivity contribution is 7.91. The molecule has 19 heavy (non-hydrogen) atoms. The number of likely N-dealkylation sites (tertiary alicyclic amines) is 1. The Morgan fingerprint density at radius 2 is 1.95 bits per heavy atom. The van der Waals surface area contributed by atoms with Crippen molar-refractivity contribution in [3.05, 3.63) is 0 Å². The Labute approximate surface area is 112 Å². The van der Waals surface area contributed by atoms with Gasteiger partial charge < -0.3 is 5.32 Å². The van der Waals surface area contributed by atoms with E-state index in [9.17, 15) is 18.0 Å². The number of hydrogen-bond acceptors (Lipinski definition) is 5. The third-order valence-corrected chi connectivity index (χ3v) is 5.91. The van der Waals surface area contributed by atoms with Crippen molar-refractivity contribution in [3.63, 3.8) is 0 Å². The van der Waals surface area contributed by atoms with Crippen molar-refractivity contribution in [2.24, 2.45) is 5.92 Å². The lowest BCUT2D eigenvalue weighted by Gasteiger charge is -2.16. The molecule has 2 unspecified atom stereocenters. The zero-order valence-electron chi connectivity index (χ0n) is 10.7. The fourth-order valence-electron chi connectivity index (χ4n) is 2.87. The van der Waals surface area contributed by atoms with Crippen LogP contribution in [0.2, 0.25) is 0 Å². The number of sulfone groups is 1. The van der Waals surface area contributed by atoms with Crippen molar-refractivity contribution in [1.29, 1.82) is 0 Å². The van der Waals surface area contributed by atoms with Crippen molar-refractivity contribution in [1.82, 2.24) is 10.2 Å². The van der Waals surface area contributed by atoms with Crippen molar-refractivity contribution in [2.45, 2.75) is 37.8 Å². The van der Waals surface area contributed by atoms with Crippen LogP contribution >= 0.6 is 0 Å². The smallest absolute Gasteiger partial charge is 0.247 e. The molecular formula is C12H18N2O4S. The van der Waals surface area contributed by atoms with Gasteiger partial charge in [-0.1, -0.05) is 0 Å². The van der Waals surface area contributed by atoms with Gasteiger partial charge in [-0.2, -0.15) is 0 Å². The van der Waals surface area contributed by atoms with Crippen LogP contribution in [0, 0.1) is 5.92 Å². The van der Waals surface area contributed by atoms with Gasteiger partial charge in [-0.25, -0.2) is 8.42 Å². The topological polar surface area (TPSA) is 83.5 Å². The standard InChI is InChI=1S/C12H18N2O4S/c15-11-5-10(12(16)14(11)9-1-2-9)13-6-8-3-4-19(17,18)7-8/h8-10,13H,1-7H2. The normalized spacial score (nSPS) is 34.2. The highest BCUT2D eigenvalue weighted by Gasteiger charge is 2.46. The number of hydrogen-bond donors (Lipinski definition) is 1. The van der Waals surface area contributed by atoms with E-state index in [1.165, 1.54) is 4.90 Å². The van der Waals surface area contributed by atoms with Crippen LogP contribution in [0.25, 0.3) is 0 Å². The van der Waals surface area contributed by atoms with Gasteiger partial charge in [0.2, 0.25) is 11.8 Å². The average Bonchev–Trinajstić information content (AvgIpc) is 3.03. The van der Waals surface area contributed by atoms with Crippen LogP contribution in [0.4, 0.5) is 0 Å². The first-order valence-electron chi connectivity index (χ1n) is 6.76. The van der Waals surface area contributed by atoms with E-state index in [4.69, 9.17) is 0 Å². The van der Waals surface area contributed by atoms with Crippen LogP contribution in [-0.2, 0) is 19.4 Å². The molecule has 3 rings (SSSR count). The minimum absolute atomic E-state index is 0.0721. The Hall–Kier alpha value is -0.950. The van der Waals surface area contributed by atoms with Gasteiger partial charge >= 0.3 is 0 Å². The number of carbonyl (C=O) groups is 2. The second kappa shape index (κ2) is 4.56. The van der Waals surface area contributed by atoms with Crippen LogP contribution in [-0.4, -0.2) is 55.3 Å². The fraction of sp³-hybridized carbons (Fsp3) is 0.833. The van der Waals surface area contributed by atoms with Crippen molar-refractivity contribution >= 4 is 21.7 Å². The van der Waals surface area contributed by atoms with E-state index in [-0.39, 0.29) is 41.7 Å². The monoisotopic (exact) mass is 286 g/mol. The molecule has 2 aliphatic heterocycles. The van der Waals surface area contributed by atoms with Gasteiger partial charge in [0.25, 0.3) is 0 Å². The molecule has 7 heteroatoms. The Balaban J connectivity index is 1.54. The zero-order valence-corrected chi connectivity index (χ0v) is 11.5. The summed E-state index contributed by atoms with van der Waals surface area (Å²) in [5.74, 6) is 0.284. The lowest BCUT2D eigenvalue weighted by atomic mass is 10.1. The Morgan fingerprint density at radius 1 is 1.21 bits per heavy atom. The molecule has 2 amide bonds. The summed E-state index contributed by atoms with van der Waals surface area (Å²) in [5, 5.41) is 3.08. The predicted molar refractivity (Wildman–Crippen MR) is 68.0 cm³/mol. The van der Waals surface area contributed by atoms with E-state index in [0.717, 1.165) is 12.8 Å². The highest BCUT2D eigenvalue weighted by atomic mass is 32.2. The maximum Gasteiger partial charge on any atom is 0.247 e. The van der Waals surface area contributed by atoms with Crippen molar-refractivity contribution < 1.29 is 18.0 Å². The molecule has 6 nitrogen and oxygen atoms in total. The van der Waals surface area contributed by atoms with Gasteiger partial charge in [0, 0.05) is 6.04 Å². The van der Waals surface area contributed by atoms with Crippen LogP contribution in [0.5, 0.6) is 0 Å². The summed E-state index contributed by atoms with van der Waals surface area (Å²) in [6.07, 6.45) is 2.71. The summed E-state index contributed by atoms with van der Waals surface area (Å²) in [7, 11) is -2.88. The Morgan fingerprint density at radius 3 is 2.53 bits per heavy atom. The molecule has 0 bridgehead atoms. The second-order valence-corrected chi connectivity index (χ2v) is 8.00. The van der Waals surface area contributed by atoms with Gasteiger partial charge in [-0.05, 0) is 31.7 Å². The van der Waals surface area contributed by atoms with E-state index in [1.54, 1.807) is 0 Å². The van der Waals surface area contributed by atoms with E-state index >= 15 is 0 Å². The molecule has 3 fully saturated rings. The molecule has 0 radical (unpaired) electrons. The summed E-state index contributed by atoms with van der Waals surface area (Å²) in [6.45, 7) is 0.501. The van der Waals surface area contributed by atoms with Crippen LogP contribution in [0.3, 0.4) is 0 Å². The minimum Gasteiger partial charge on any atom is -0.305 e. The maximum atomic E-state index is 12.1. The van der Waals surface area contributed by atoms with E-state index in [2.05, 4.69) is 5.32 Å². The van der Waals surface area contributed by atoms with Gasteiger partial charge in [0.05, 0.1) is 24.0 Å². The molecular weight excluding hydrogens is 268 g/mol. The van der Waals surface area contributed by atoms with Gasteiger partial charge in [-0.3, -0.25) is 14.5 Å². The summed E-state index contributed by atoms with van der Waals surface area (Å²) < 4.78 is 22.7. The molecule has 0 aromatic rings. The number of carbonyl (C=O) groups excluding carboxylic acids is 2. The molecule has 1 N–H and O–H groups in total. The predicted octanol–water partition coefficient (Wildman–Crippen LogP) is -0.699. The van der Waals surface area contributed by atoms with Crippen molar-refractivity contribution in [3.8, 4) is 0 Å². The summed E-state index contributed by atoms with van der Waals surface area (Å²) >= 11 is 0. The van der Waals surface area contributed by atoms with Crippen LogP contribution in [0.15, 0.2) is 0 Å². The van der Waals surface area contributed by atoms with Gasteiger partial charge in [-0.15, -0.1) is 0 Å². The molecule has 3 aliphatic rings. The maximum absolute atomic E-state index is 12.1. The highest BCUT2D eigenvalue weighted by Crippen LogP contribution is 2.31. The van der Waals surface area contributed by atoms with E-state index < -0.39 is 15.9 Å². The quantitative estimate of drug-likeness (QED) is 0.691. The molecule has 0 aromatic carbocycles. The first-order chi connectivity index (χ1) is 8.96. The number of amides is 2. The first kappa shape index (κ1) is 13.1. The van der Waals surface area contributed by atoms with Crippen LogP contribution < -0.4 is 5.32 Å². The molecule has 0 aromatic heterocycles. The number of rotatable bonds is 4. The van der Waals surface area contributed by atoms with Gasteiger partial charge in [0.1, 0.15) is 0 Å². The third-order valence-electron chi connectivity index (χ3n) is 4.07. The number of nitrogens with zero attached hydrogens (tertiary/aromatic N) is 1. The van der Waals surface area contributed by atoms with E-state index in [1.807, 2.05) is 0 Å². The lowest BCUT2D eigenvalue weighted by molar-refractivity contribution is -0.139. The number of imide groups is 1. The number of nitrogens with one attached hydrogen (secondary N) is 1. The molecule has 0 spiro atoms. The fourth-order valence-corrected chi connectivity index (χ4v) is 4.73. The van der Waals surface area contributed by atoms with Crippen molar-refractivity contribution in [2.75, 3.05) is 18.1 Å². The minimum atomic E-state index is -2.88. The Kier molecular flexibility index (Phi) is 3.13. The third kappa shape index (κ3) is 2.67. The molecule has 2 saturated heterocycles. The Bertz CT molecular complexity index is 512. The average molecular weight is 286 g/mol. The zero-order chi connectivity index (χ0) is 13.6. The van der Waals surface area contributed by atoms with E-state index in [0.29, 0.717) is 13.0 Å². The SMILES string of the molecule is O=C1CC(NCC2CCS(=O)(=O)C2)C(=O)N1C1CC1. The molecule has 2 heterocycles. The molecule has 1 saturated carbocycles. The summed E-state index contributed by atoms with van der Waals surface area (Å²) in [6, 6.07) is -0.324. The largest absolute Gasteiger partial charge is 0.305 e. The van der Waals surface area contributed by atoms with Gasteiger partial charge in [0.15, 0.2) is 9.84 Å². The first-order valence-corrected chi connectivity index (χ1v) is 8.58. The summed E-state index contributed by atoms with van der Waals surface area (Å²) in [5.41, 5.74) is 0. The van der Waals surface area contributed by atoms with Crippen LogP contribution in [0.1, 0.15) is 25.7 Å². The lowest BCUT2D eigenvalue weighted by Crippen LogP contribution is -2.41. The summed E-state index contributed by atoms with van der Waals surface area (Å²) in [4.78, 5) is 25.2. The molecule has 2 atom stereocenters.